The average Bonchev–Trinajstić information content (AvgIpc) is 2.84. The van der Waals surface area contributed by atoms with Crippen molar-refractivity contribution in [3.05, 3.63) is 46.0 Å². The first-order chi connectivity index (χ1) is 9.63. The van der Waals surface area contributed by atoms with Gasteiger partial charge in [0.2, 0.25) is 0 Å². The molecule has 2 heterocycles. The molecule has 0 saturated carbocycles. The number of hydrogen-bond acceptors (Lipinski definition) is 3. The van der Waals surface area contributed by atoms with Crippen LogP contribution in [0.2, 0.25) is 0 Å². The summed E-state index contributed by atoms with van der Waals surface area (Å²) in [7, 11) is 0. The van der Waals surface area contributed by atoms with Gasteiger partial charge in [0, 0.05) is 17.4 Å². The average molecular weight is 270 g/mol. The number of hydrogen-bond donors (Lipinski definition) is 0. The van der Waals surface area contributed by atoms with Crippen LogP contribution in [0, 0.1) is 6.92 Å². The van der Waals surface area contributed by atoms with Crippen LogP contribution in [-0.4, -0.2) is 0 Å². The first-order valence-corrected chi connectivity index (χ1v) is 7.11. The molecule has 104 valence electrons. The Labute approximate surface area is 117 Å². The molecule has 1 aromatic carbocycles. The van der Waals surface area contributed by atoms with Gasteiger partial charge >= 0.3 is 5.63 Å². The molecule has 3 nitrogen and oxygen atoms in total. The molecule has 2 aromatic heterocycles. The summed E-state index contributed by atoms with van der Waals surface area (Å²) in [6.07, 6.45) is 2.08. The van der Waals surface area contributed by atoms with Gasteiger partial charge in [-0.2, -0.15) is 0 Å². The molecule has 0 N–H and O–H groups in total. The fourth-order valence-corrected chi connectivity index (χ4v) is 2.80. The van der Waals surface area contributed by atoms with E-state index in [2.05, 4.69) is 13.8 Å². The van der Waals surface area contributed by atoms with E-state index in [9.17, 15) is 4.79 Å². The largest absolute Gasteiger partial charge is 0.461 e. The van der Waals surface area contributed by atoms with Crippen molar-refractivity contribution in [2.75, 3.05) is 0 Å². The van der Waals surface area contributed by atoms with E-state index in [1.807, 2.05) is 25.1 Å². The van der Waals surface area contributed by atoms with Gasteiger partial charge in [-0.15, -0.1) is 0 Å². The maximum atomic E-state index is 11.6. The molecule has 3 aromatic rings. The SMILES string of the molecule is CCC(CC)c1cc2c(ccc3c(C)cc(=O)oc32)o1. The Hall–Kier alpha value is -2.03. The minimum absolute atomic E-state index is 0.312. The quantitative estimate of drug-likeness (QED) is 0.645. The second-order valence-corrected chi connectivity index (χ2v) is 5.26. The van der Waals surface area contributed by atoms with E-state index in [0.29, 0.717) is 11.5 Å². The van der Waals surface area contributed by atoms with Crippen LogP contribution in [0.4, 0.5) is 0 Å². The summed E-state index contributed by atoms with van der Waals surface area (Å²) in [5.74, 6) is 1.38. The number of rotatable bonds is 3. The van der Waals surface area contributed by atoms with Crippen LogP contribution in [0.5, 0.6) is 0 Å². The van der Waals surface area contributed by atoms with Crippen LogP contribution in [0.1, 0.15) is 43.9 Å². The van der Waals surface area contributed by atoms with Crippen LogP contribution in [0.25, 0.3) is 21.9 Å². The van der Waals surface area contributed by atoms with Gasteiger partial charge in [-0.05, 0) is 43.5 Å². The molecule has 0 aliphatic rings. The number of fused-ring (bicyclic) bond motifs is 3. The zero-order valence-corrected chi connectivity index (χ0v) is 12.0. The fraction of sp³-hybridized carbons (Fsp3) is 0.353. The van der Waals surface area contributed by atoms with Crippen LogP contribution >= 0.6 is 0 Å². The van der Waals surface area contributed by atoms with Gasteiger partial charge in [0.05, 0.1) is 5.39 Å². The Kier molecular flexibility index (Phi) is 3.13. The molecular weight excluding hydrogens is 252 g/mol. The number of aryl methyl sites for hydroxylation is 1. The lowest BCUT2D eigenvalue weighted by atomic mass is 10.00. The van der Waals surface area contributed by atoms with Crippen molar-refractivity contribution in [2.45, 2.75) is 39.5 Å². The molecule has 0 saturated heterocycles. The Morgan fingerprint density at radius 1 is 1.05 bits per heavy atom. The highest BCUT2D eigenvalue weighted by molar-refractivity contribution is 6.03. The van der Waals surface area contributed by atoms with E-state index >= 15 is 0 Å². The van der Waals surface area contributed by atoms with Gasteiger partial charge in [-0.3, -0.25) is 0 Å². The highest BCUT2D eigenvalue weighted by Gasteiger charge is 2.16. The Morgan fingerprint density at radius 3 is 2.50 bits per heavy atom. The lowest BCUT2D eigenvalue weighted by molar-refractivity contribution is 0.472. The Bertz CT molecular complexity index is 819. The molecule has 20 heavy (non-hydrogen) atoms. The summed E-state index contributed by atoms with van der Waals surface area (Å²) in [5.41, 5.74) is 2.04. The van der Waals surface area contributed by atoms with E-state index < -0.39 is 0 Å². The van der Waals surface area contributed by atoms with E-state index in [0.717, 1.165) is 40.5 Å². The normalized spacial score (nSPS) is 11.8. The monoisotopic (exact) mass is 270 g/mol. The molecule has 3 rings (SSSR count). The molecule has 0 fully saturated rings. The zero-order valence-electron chi connectivity index (χ0n) is 12.0. The van der Waals surface area contributed by atoms with E-state index in [4.69, 9.17) is 8.83 Å². The van der Waals surface area contributed by atoms with Crippen molar-refractivity contribution in [1.29, 1.82) is 0 Å². The first kappa shape index (κ1) is 13.0. The summed E-state index contributed by atoms with van der Waals surface area (Å²) >= 11 is 0. The summed E-state index contributed by atoms with van der Waals surface area (Å²) in [6, 6.07) is 7.46. The van der Waals surface area contributed by atoms with Crippen molar-refractivity contribution >= 4 is 21.9 Å². The Morgan fingerprint density at radius 2 is 1.80 bits per heavy atom. The fourth-order valence-electron chi connectivity index (χ4n) is 2.80. The van der Waals surface area contributed by atoms with E-state index in [1.54, 1.807) is 0 Å². The maximum Gasteiger partial charge on any atom is 0.336 e. The second kappa shape index (κ2) is 4.82. The number of benzene rings is 1. The predicted molar refractivity (Wildman–Crippen MR) is 80.3 cm³/mol. The molecule has 0 radical (unpaired) electrons. The van der Waals surface area contributed by atoms with E-state index in [-0.39, 0.29) is 5.63 Å². The van der Waals surface area contributed by atoms with Gasteiger partial charge in [0.25, 0.3) is 0 Å². The van der Waals surface area contributed by atoms with Gasteiger partial charge < -0.3 is 8.83 Å². The maximum absolute atomic E-state index is 11.6. The first-order valence-electron chi connectivity index (χ1n) is 7.11. The molecule has 0 unspecified atom stereocenters. The van der Waals surface area contributed by atoms with Crippen molar-refractivity contribution in [3.8, 4) is 0 Å². The molecule has 0 aliphatic heterocycles. The van der Waals surface area contributed by atoms with E-state index in [1.165, 1.54) is 6.07 Å². The van der Waals surface area contributed by atoms with Gasteiger partial charge in [0.15, 0.2) is 0 Å². The second-order valence-electron chi connectivity index (χ2n) is 5.26. The summed E-state index contributed by atoms with van der Waals surface area (Å²) in [4.78, 5) is 11.6. The third-order valence-corrected chi connectivity index (χ3v) is 4.02. The van der Waals surface area contributed by atoms with Gasteiger partial charge in [0.1, 0.15) is 16.9 Å². The number of furan rings is 1. The predicted octanol–water partition coefficient (Wildman–Crippen LogP) is 4.75. The standard InChI is InChI=1S/C17H18O3/c1-4-11(5-2)15-9-13-14(19-15)7-6-12-10(3)8-16(18)20-17(12)13/h6-9,11H,4-5H2,1-3H3. The van der Waals surface area contributed by atoms with Crippen LogP contribution in [-0.2, 0) is 0 Å². The third kappa shape index (κ3) is 1.94. The summed E-state index contributed by atoms with van der Waals surface area (Å²) in [6.45, 7) is 6.24. The van der Waals surface area contributed by atoms with Crippen LogP contribution in [0.3, 0.4) is 0 Å². The van der Waals surface area contributed by atoms with Gasteiger partial charge in [-0.25, -0.2) is 4.79 Å². The molecular formula is C17H18O3. The van der Waals surface area contributed by atoms with Crippen molar-refractivity contribution < 1.29 is 8.83 Å². The zero-order chi connectivity index (χ0) is 14.3. The summed E-state index contributed by atoms with van der Waals surface area (Å²) in [5, 5.41) is 1.86. The van der Waals surface area contributed by atoms with Crippen molar-refractivity contribution in [1.82, 2.24) is 0 Å². The Balaban J connectivity index is 2.33. The third-order valence-electron chi connectivity index (χ3n) is 4.02. The highest BCUT2D eigenvalue weighted by atomic mass is 16.4. The molecule has 0 aliphatic carbocycles. The molecule has 0 atom stereocenters. The lowest BCUT2D eigenvalue weighted by Crippen LogP contribution is -1.97. The smallest absolute Gasteiger partial charge is 0.336 e. The van der Waals surface area contributed by atoms with Crippen LogP contribution < -0.4 is 5.63 Å². The van der Waals surface area contributed by atoms with Crippen molar-refractivity contribution in [3.63, 3.8) is 0 Å². The van der Waals surface area contributed by atoms with Crippen molar-refractivity contribution in [2.24, 2.45) is 0 Å². The molecule has 0 amide bonds. The lowest BCUT2D eigenvalue weighted by Gasteiger charge is -2.06. The molecule has 0 spiro atoms. The van der Waals surface area contributed by atoms with Crippen LogP contribution in [0.15, 0.2) is 37.9 Å². The molecule has 3 heteroatoms. The highest BCUT2D eigenvalue weighted by Crippen LogP contribution is 2.33. The minimum Gasteiger partial charge on any atom is -0.461 e. The molecule has 0 bridgehead atoms. The minimum atomic E-state index is -0.312. The van der Waals surface area contributed by atoms with Gasteiger partial charge in [-0.1, -0.05) is 13.8 Å². The summed E-state index contributed by atoms with van der Waals surface area (Å²) < 4.78 is 11.3. The topological polar surface area (TPSA) is 43.4 Å².